The van der Waals surface area contributed by atoms with Gasteiger partial charge < -0.3 is 24.5 Å². The number of carbonyl (C=O) groups is 2. The van der Waals surface area contributed by atoms with Gasteiger partial charge in [-0.1, -0.05) is 37.3 Å². The van der Waals surface area contributed by atoms with E-state index in [2.05, 4.69) is 10.3 Å². The molecule has 5 rings (SSSR count). The summed E-state index contributed by atoms with van der Waals surface area (Å²) in [6.45, 7) is 4.77. The van der Waals surface area contributed by atoms with Crippen molar-refractivity contribution in [2.45, 2.75) is 39.0 Å². The molecule has 190 valence electrons. The molecule has 0 saturated heterocycles. The summed E-state index contributed by atoms with van der Waals surface area (Å²) in [6, 6.07) is 19.8. The Morgan fingerprint density at radius 1 is 1.14 bits per heavy atom. The van der Waals surface area contributed by atoms with Crippen molar-refractivity contribution in [2.75, 3.05) is 23.4 Å². The fourth-order valence-electron chi connectivity index (χ4n) is 4.57. The highest BCUT2D eigenvalue weighted by Gasteiger charge is 2.25. The number of amides is 1. The van der Waals surface area contributed by atoms with Crippen molar-refractivity contribution in [2.24, 2.45) is 0 Å². The molecule has 1 aliphatic rings. The highest BCUT2D eigenvalue weighted by atomic mass is 16.5. The molecule has 0 spiro atoms. The first-order valence-corrected chi connectivity index (χ1v) is 12.4. The van der Waals surface area contributed by atoms with Crippen LogP contribution in [0.1, 0.15) is 42.4 Å². The van der Waals surface area contributed by atoms with Gasteiger partial charge in [0.2, 0.25) is 5.91 Å². The minimum atomic E-state index is -0.842. The SMILES string of the molecule is Cc1ccccc1Nc1nc2ccc(CCC(=O)N3CCOc4cc(C(C)CC(=O)O)ccc43)cc2o1. The van der Waals surface area contributed by atoms with Crippen molar-refractivity contribution in [1.82, 2.24) is 4.98 Å². The van der Waals surface area contributed by atoms with Gasteiger partial charge in [0.25, 0.3) is 6.01 Å². The number of nitrogens with one attached hydrogen (secondary N) is 1. The summed E-state index contributed by atoms with van der Waals surface area (Å²) in [5.74, 6) is -0.359. The molecule has 4 aromatic rings. The van der Waals surface area contributed by atoms with E-state index >= 15 is 0 Å². The third-order valence-corrected chi connectivity index (χ3v) is 6.67. The number of nitrogens with zero attached hydrogens (tertiary/aromatic N) is 2. The lowest BCUT2D eigenvalue weighted by Crippen LogP contribution is -2.38. The molecule has 0 radical (unpaired) electrons. The van der Waals surface area contributed by atoms with Crippen LogP contribution < -0.4 is 15.0 Å². The van der Waals surface area contributed by atoms with E-state index in [0.29, 0.717) is 43.3 Å². The van der Waals surface area contributed by atoms with E-state index in [0.717, 1.165) is 33.6 Å². The van der Waals surface area contributed by atoms with Crippen LogP contribution in [0.5, 0.6) is 5.75 Å². The molecule has 3 aromatic carbocycles. The first-order chi connectivity index (χ1) is 17.9. The Kier molecular flexibility index (Phi) is 6.81. The fraction of sp³-hybridized carbons (Fsp3) is 0.276. The van der Waals surface area contributed by atoms with Crippen LogP contribution in [0.15, 0.2) is 65.1 Å². The Labute approximate surface area is 214 Å². The standard InChI is InChI=1S/C29H29N3O5/c1-18-5-3-4-6-22(18)30-29-31-23-10-7-20(16-25(23)37-29)8-12-27(33)32-13-14-36-26-17-21(9-11-24(26)32)19(2)15-28(34)35/h3-7,9-11,16-17,19H,8,12-15H2,1-2H3,(H,30,31)(H,34,35). The van der Waals surface area contributed by atoms with Crippen molar-refractivity contribution in [3.63, 3.8) is 0 Å². The van der Waals surface area contributed by atoms with Crippen molar-refractivity contribution in [1.29, 1.82) is 0 Å². The van der Waals surface area contributed by atoms with Gasteiger partial charge in [0.15, 0.2) is 5.58 Å². The van der Waals surface area contributed by atoms with Gasteiger partial charge in [-0.2, -0.15) is 4.98 Å². The number of fused-ring (bicyclic) bond motifs is 2. The van der Waals surface area contributed by atoms with Gasteiger partial charge in [-0.05, 0) is 66.3 Å². The number of para-hydroxylation sites is 1. The van der Waals surface area contributed by atoms with Crippen molar-refractivity contribution < 1.29 is 23.8 Å². The van der Waals surface area contributed by atoms with E-state index in [1.165, 1.54) is 0 Å². The number of hydrogen-bond acceptors (Lipinski definition) is 6. The number of aryl methyl sites for hydroxylation is 2. The number of carbonyl (C=O) groups excluding carboxylic acids is 1. The molecule has 0 saturated carbocycles. The number of hydrogen-bond donors (Lipinski definition) is 2. The van der Waals surface area contributed by atoms with Crippen LogP contribution in [0.25, 0.3) is 11.1 Å². The molecule has 2 heterocycles. The second-order valence-electron chi connectivity index (χ2n) is 9.38. The normalized spacial score (nSPS) is 13.6. The smallest absolute Gasteiger partial charge is 0.303 e. The van der Waals surface area contributed by atoms with E-state index < -0.39 is 5.97 Å². The summed E-state index contributed by atoms with van der Waals surface area (Å²) in [5.41, 5.74) is 6.05. The van der Waals surface area contributed by atoms with Gasteiger partial charge in [0.1, 0.15) is 17.9 Å². The monoisotopic (exact) mass is 499 g/mol. The largest absolute Gasteiger partial charge is 0.490 e. The van der Waals surface area contributed by atoms with Gasteiger partial charge >= 0.3 is 5.97 Å². The molecule has 1 amide bonds. The number of benzene rings is 3. The number of carboxylic acid groups (broad SMARTS) is 1. The van der Waals surface area contributed by atoms with E-state index in [-0.39, 0.29) is 18.2 Å². The zero-order valence-corrected chi connectivity index (χ0v) is 20.9. The molecule has 1 aromatic heterocycles. The zero-order valence-electron chi connectivity index (χ0n) is 20.9. The minimum Gasteiger partial charge on any atom is -0.490 e. The highest BCUT2D eigenvalue weighted by Crippen LogP contribution is 2.35. The van der Waals surface area contributed by atoms with E-state index in [4.69, 9.17) is 14.3 Å². The van der Waals surface area contributed by atoms with Crippen LogP contribution in [0.3, 0.4) is 0 Å². The number of carboxylic acids is 1. The zero-order chi connectivity index (χ0) is 25.9. The van der Waals surface area contributed by atoms with Gasteiger partial charge in [-0.3, -0.25) is 9.59 Å². The van der Waals surface area contributed by atoms with Crippen LogP contribution in [-0.4, -0.2) is 35.1 Å². The van der Waals surface area contributed by atoms with Gasteiger partial charge in [0.05, 0.1) is 18.7 Å². The molecule has 2 N–H and O–H groups in total. The van der Waals surface area contributed by atoms with Crippen LogP contribution >= 0.6 is 0 Å². The van der Waals surface area contributed by atoms with E-state index in [1.807, 2.05) is 74.5 Å². The van der Waals surface area contributed by atoms with Crippen molar-refractivity contribution >= 4 is 40.4 Å². The molecule has 1 atom stereocenters. The van der Waals surface area contributed by atoms with Crippen LogP contribution in [0.2, 0.25) is 0 Å². The average molecular weight is 500 g/mol. The maximum absolute atomic E-state index is 13.1. The van der Waals surface area contributed by atoms with Gasteiger partial charge in [-0.15, -0.1) is 0 Å². The summed E-state index contributed by atoms with van der Waals surface area (Å²) < 4.78 is 11.7. The second-order valence-corrected chi connectivity index (χ2v) is 9.38. The first-order valence-electron chi connectivity index (χ1n) is 12.4. The Morgan fingerprint density at radius 2 is 1.97 bits per heavy atom. The molecule has 1 unspecified atom stereocenters. The lowest BCUT2D eigenvalue weighted by molar-refractivity contribution is -0.137. The molecule has 0 bridgehead atoms. The predicted molar refractivity (Wildman–Crippen MR) is 142 cm³/mol. The number of aliphatic carboxylic acids is 1. The number of ether oxygens (including phenoxy) is 1. The third-order valence-electron chi connectivity index (χ3n) is 6.67. The van der Waals surface area contributed by atoms with Crippen molar-refractivity contribution in [3.05, 3.63) is 77.4 Å². The Hall–Kier alpha value is -4.33. The van der Waals surface area contributed by atoms with Crippen LogP contribution in [-0.2, 0) is 16.0 Å². The maximum atomic E-state index is 13.1. The molecule has 8 nitrogen and oxygen atoms in total. The third kappa shape index (κ3) is 5.43. The van der Waals surface area contributed by atoms with Gasteiger partial charge in [-0.25, -0.2) is 0 Å². The summed E-state index contributed by atoms with van der Waals surface area (Å²) >= 11 is 0. The van der Waals surface area contributed by atoms with Crippen molar-refractivity contribution in [3.8, 4) is 5.75 Å². The number of anilines is 3. The molecule has 0 aliphatic carbocycles. The van der Waals surface area contributed by atoms with E-state index in [1.54, 1.807) is 4.90 Å². The second kappa shape index (κ2) is 10.3. The average Bonchev–Trinajstić information content (AvgIpc) is 3.29. The molecule has 0 fully saturated rings. The first kappa shape index (κ1) is 24.4. The topological polar surface area (TPSA) is 105 Å². The Morgan fingerprint density at radius 3 is 2.78 bits per heavy atom. The summed E-state index contributed by atoms with van der Waals surface area (Å²) in [7, 11) is 0. The van der Waals surface area contributed by atoms with Crippen LogP contribution in [0, 0.1) is 6.92 Å². The molecular formula is C29H29N3O5. The maximum Gasteiger partial charge on any atom is 0.303 e. The number of aromatic nitrogens is 1. The highest BCUT2D eigenvalue weighted by molar-refractivity contribution is 5.95. The molecule has 37 heavy (non-hydrogen) atoms. The van der Waals surface area contributed by atoms with E-state index in [9.17, 15) is 9.59 Å². The number of rotatable bonds is 8. The number of oxazole rings is 1. The fourth-order valence-corrected chi connectivity index (χ4v) is 4.57. The summed E-state index contributed by atoms with van der Waals surface area (Å²) in [6.07, 6.45) is 0.946. The molecule has 1 aliphatic heterocycles. The lowest BCUT2D eigenvalue weighted by Gasteiger charge is -2.30. The summed E-state index contributed by atoms with van der Waals surface area (Å²) in [5, 5.41) is 12.3. The molecule has 8 heteroatoms. The Bertz CT molecular complexity index is 1460. The quantitative estimate of drug-likeness (QED) is 0.315. The van der Waals surface area contributed by atoms with Crippen LogP contribution in [0.4, 0.5) is 17.4 Å². The lowest BCUT2D eigenvalue weighted by atomic mass is 9.97. The molecular weight excluding hydrogens is 470 g/mol. The summed E-state index contributed by atoms with van der Waals surface area (Å²) in [4.78, 5) is 30.5. The van der Waals surface area contributed by atoms with Gasteiger partial charge in [0, 0.05) is 12.1 Å². The Balaban J connectivity index is 1.25. The predicted octanol–water partition coefficient (Wildman–Crippen LogP) is 5.82. The minimum absolute atomic E-state index is 0.00968.